The first-order chi connectivity index (χ1) is 5.34. The van der Waals surface area contributed by atoms with Crippen LogP contribution in [-0.4, -0.2) is 11.0 Å². The average molecular weight is 148 g/mol. The fourth-order valence-corrected chi connectivity index (χ4v) is 1.10. The summed E-state index contributed by atoms with van der Waals surface area (Å²) in [5.41, 5.74) is 2.29. The molecule has 0 radical (unpaired) electrons. The van der Waals surface area contributed by atoms with Gasteiger partial charge in [-0.1, -0.05) is 0 Å². The summed E-state index contributed by atoms with van der Waals surface area (Å²) >= 11 is 0. The van der Waals surface area contributed by atoms with Gasteiger partial charge in [0.05, 0.1) is 0 Å². The molecule has 0 unspecified atom stereocenters. The standard InChI is InChI=1S/C9H12N2/c1-7-6-9(4-5-10-7)11-8-2-3-8/h4-6,8H,2-3H2,1H3,(H,10,11). The summed E-state index contributed by atoms with van der Waals surface area (Å²) in [7, 11) is 0. The molecule has 2 rings (SSSR count). The molecule has 1 fully saturated rings. The molecule has 1 aromatic heterocycles. The van der Waals surface area contributed by atoms with Gasteiger partial charge in [-0.25, -0.2) is 0 Å². The van der Waals surface area contributed by atoms with Crippen LogP contribution in [0.1, 0.15) is 18.5 Å². The third kappa shape index (κ3) is 1.70. The van der Waals surface area contributed by atoms with Crippen LogP contribution in [0.5, 0.6) is 0 Å². The summed E-state index contributed by atoms with van der Waals surface area (Å²) < 4.78 is 0. The zero-order valence-corrected chi connectivity index (χ0v) is 6.67. The second kappa shape index (κ2) is 2.53. The predicted molar refractivity (Wildman–Crippen MR) is 45.6 cm³/mol. The van der Waals surface area contributed by atoms with Gasteiger partial charge in [-0.3, -0.25) is 4.98 Å². The van der Waals surface area contributed by atoms with Gasteiger partial charge in [-0.05, 0) is 31.9 Å². The van der Waals surface area contributed by atoms with Crippen LogP contribution < -0.4 is 5.32 Å². The fourth-order valence-electron chi connectivity index (χ4n) is 1.10. The molecular weight excluding hydrogens is 136 g/mol. The maximum Gasteiger partial charge on any atom is 0.0393 e. The average Bonchev–Trinajstić information content (AvgIpc) is 2.71. The summed E-state index contributed by atoms with van der Waals surface area (Å²) in [6.45, 7) is 2.01. The molecule has 0 aliphatic heterocycles. The van der Waals surface area contributed by atoms with E-state index < -0.39 is 0 Å². The number of aromatic nitrogens is 1. The Morgan fingerprint density at radius 1 is 1.55 bits per heavy atom. The predicted octanol–water partition coefficient (Wildman–Crippen LogP) is 1.96. The SMILES string of the molecule is Cc1cc(NC2CC2)ccn1. The maximum atomic E-state index is 4.13. The molecule has 2 heteroatoms. The largest absolute Gasteiger partial charge is 0.382 e. The Morgan fingerprint density at radius 3 is 3.00 bits per heavy atom. The van der Waals surface area contributed by atoms with E-state index in [4.69, 9.17) is 0 Å². The number of rotatable bonds is 2. The molecule has 0 atom stereocenters. The van der Waals surface area contributed by atoms with E-state index >= 15 is 0 Å². The number of hydrogen-bond donors (Lipinski definition) is 1. The van der Waals surface area contributed by atoms with Gasteiger partial charge < -0.3 is 5.32 Å². The highest BCUT2D eigenvalue weighted by Gasteiger charge is 2.20. The van der Waals surface area contributed by atoms with Crippen LogP contribution in [0.15, 0.2) is 18.3 Å². The minimum atomic E-state index is 0.733. The first-order valence-corrected chi connectivity index (χ1v) is 4.04. The van der Waals surface area contributed by atoms with Crippen molar-refractivity contribution in [2.24, 2.45) is 0 Å². The zero-order valence-electron chi connectivity index (χ0n) is 6.67. The van der Waals surface area contributed by atoms with Crippen LogP contribution in [0.25, 0.3) is 0 Å². The minimum Gasteiger partial charge on any atom is -0.382 e. The molecule has 1 heterocycles. The molecule has 11 heavy (non-hydrogen) atoms. The van der Waals surface area contributed by atoms with E-state index in [0.717, 1.165) is 11.7 Å². The van der Waals surface area contributed by atoms with Gasteiger partial charge in [0.1, 0.15) is 0 Å². The number of nitrogens with zero attached hydrogens (tertiary/aromatic N) is 1. The van der Waals surface area contributed by atoms with Crippen molar-refractivity contribution in [2.45, 2.75) is 25.8 Å². The molecular formula is C9H12N2. The second-order valence-electron chi connectivity index (χ2n) is 3.10. The number of pyridine rings is 1. The molecule has 1 aliphatic rings. The molecule has 0 amide bonds. The Balaban J connectivity index is 2.10. The van der Waals surface area contributed by atoms with Crippen molar-refractivity contribution >= 4 is 5.69 Å². The van der Waals surface area contributed by atoms with Crippen LogP contribution >= 0.6 is 0 Å². The first-order valence-electron chi connectivity index (χ1n) is 4.04. The summed E-state index contributed by atoms with van der Waals surface area (Å²) in [6, 6.07) is 4.83. The van der Waals surface area contributed by atoms with E-state index in [1.165, 1.54) is 18.5 Å². The molecule has 0 spiro atoms. The Morgan fingerprint density at radius 2 is 2.36 bits per heavy atom. The summed E-state index contributed by atoms with van der Waals surface area (Å²) in [6.07, 6.45) is 4.49. The van der Waals surface area contributed by atoms with Gasteiger partial charge in [-0.15, -0.1) is 0 Å². The number of hydrogen-bond acceptors (Lipinski definition) is 2. The van der Waals surface area contributed by atoms with Gasteiger partial charge in [0.15, 0.2) is 0 Å². The van der Waals surface area contributed by atoms with Crippen LogP contribution in [0.4, 0.5) is 5.69 Å². The highest BCUT2D eigenvalue weighted by Crippen LogP contribution is 2.24. The van der Waals surface area contributed by atoms with Crippen molar-refractivity contribution in [1.82, 2.24) is 4.98 Å². The Labute approximate surface area is 66.7 Å². The molecule has 1 saturated carbocycles. The molecule has 1 N–H and O–H groups in total. The smallest absolute Gasteiger partial charge is 0.0393 e. The maximum absolute atomic E-state index is 4.13. The molecule has 58 valence electrons. The van der Waals surface area contributed by atoms with Crippen molar-refractivity contribution in [3.63, 3.8) is 0 Å². The summed E-state index contributed by atoms with van der Waals surface area (Å²) in [4.78, 5) is 4.13. The highest BCUT2D eigenvalue weighted by atomic mass is 15.0. The third-order valence-corrected chi connectivity index (χ3v) is 1.84. The van der Waals surface area contributed by atoms with E-state index in [1.54, 1.807) is 0 Å². The van der Waals surface area contributed by atoms with E-state index in [2.05, 4.69) is 16.4 Å². The van der Waals surface area contributed by atoms with Crippen LogP contribution in [0, 0.1) is 6.92 Å². The van der Waals surface area contributed by atoms with Crippen molar-refractivity contribution in [1.29, 1.82) is 0 Å². The first kappa shape index (κ1) is 6.65. The van der Waals surface area contributed by atoms with Crippen LogP contribution in [-0.2, 0) is 0 Å². The zero-order chi connectivity index (χ0) is 7.68. The summed E-state index contributed by atoms with van der Waals surface area (Å²) in [5.74, 6) is 0. The topological polar surface area (TPSA) is 24.9 Å². The van der Waals surface area contributed by atoms with E-state index in [0.29, 0.717) is 0 Å². The normalized spacial score (nSPS) is 16.5. The lowest BCUT2D eigenvalue weighted by Gasteiger charge is -2.03. The Bertz CT molecular complexity index is 253. The molecule has 1 aromatic rings. The quantitative estimate of drug-likeness (QED) is 0.693. The molecule has 2 nitrogen and oxygen atoms in total. The van der Waals surface area contributed by atoms with Gasteiger partial charge in [0.2, 0.25) is 0 Å². The van der Waals surface area contributed by atoms with Crippen LogP contribution in [0.2, 0.25) is 0 Å². The van der Waals surface area contributed by atoms with E-state index in [1.807, 2.05) is 19.2 Å². The monoisotopic (exact) mass is 148 g/mol. The van der Waals surface area contributed by atoms with E-state index in [9.17, 15) is 0 Å². The highest BCUT2D eigenvalue weighted by molar-refractivity contribution is 5.44. The lowest BCUT2D eigenvalue weighted by Crippen LogP contribution is -2.00. The molecule has 0 bridgehead atoms. The molecule has 0 aromatic carbocycles. The Kier molecular flexibility index (Phi) is 1.53. The van der Waals surface area contributed by atoms with Crippen molar-refractivity contribution in [3.8, 4) is 0 Å². The number of aryl methyl sites for hydroxylation is 1. The number of anilines is 1. The van der Waals surface area contributed by atoms with Gasteiger partial charge >= 0.3 is 0 Å². The van der Waals surface area contributed by atoms with Gasteiger partial charge in [-0.2, -0.15) is 0 Å². The van der Waals surface area contributed by atoms with Crippen molar-refractivity contribution in [3.05, 3.63) is 24.0 Å². The lowest BCUT2D eigenvalue weighted by atomic mass is 10.3. The fraction of sp³-hybridized carbons (Fsp3) is 0.444. The molecule has 0 saturated heterocycles. The number of nitrogens with one attached hydrogen (secondary N) is 1. The Hall–Kier alpha value is -1.05. The van der Waals surface area contributed by atoms with Crippen LogP contribution in [0.3, 0.4) is 0 Å². The van der Waals surface area contributed by atoms with Crippen molar-refractivity contribution < 1.29 is 0 Å². The van der Waals surface area contributed by atoms with Gasteiger partial charge in [0.25, 0.3) is 0 Å². The minimum absolute atomic E-state index is 0.733. The van der Waals surface area contributed by atoms with E-state index in [-0.39, 0.29) is 0 Å². The second-order valence-corrected chi connectivity index (χ2v) is 3.10. The van der Waals surface area contributed by atoms with Gasteiger partial charge in [0, 0.05) is 23.6 Å². The summed E-state index contributed by atoms with van der Waals surface area (Å²) in [5, 5.41) is 3.42. The lowest BCUT2D eigenvalue weighted by molar-refractivity contribution is 1.13. The molecule has 1 aliphatic carbocycles. The third-order valence-electron chi connectivity index (χ3n) is 1.84. The van der Waals surface area contributed by atoms with Crippen molar-refractivity contribution in [2.75, 3.05) is 5.32 Å².